The molecule has 1 rings (SSSR count). The van der Waals surface area contributed by atoms with E-state index < -0.39 is 23.0 Å². The van der Waals surface area contributed by atoms with Crippen LogP contribution in [0.25, 0.3) is 0 Å². The number of nitrogens with two attached hydrogens (primary N) is 1. The van der Waals surface area contributed by atoms with Crippen molar-refractivity contribution < 1.29 is 18.3 Å². The largest absolute Gasteiger partial charge is 0.508 e. The molecule has 0 aliphatic rings. The fourth-order valence-corrected chi connectivity index (χ4v) is 1.70. The summed E-state index contributed by atoms with van der Waals surface area (Å²) >= 11 is 5.73. The molecule has 0 amide bonds. The number of phenols is 1. The van der Waals surface area contributed by atoms with Gasteiger partial charge in [0.25, 0.3) is 0 Å². The van der Waals surface area contributed by atoms with E-state index in [9.17, 15) is 18.3 Å². The molecule has 0 aromatic heterocycles. The van der Waals surface area contributed by atoms with E-state index >= 15 is 0 Å². The van der Waals surface area contributed by atoms with E-state index in [0.717, 1.165) is 6.07 Å². The predicted molar refractivity (Wildman–Crippen MR) is 60.1 cm³/mol. The van der Waals surface area contributed by atoms with Crippen molar-refractivity contribution in [1.29, 1.82) is 0 Å². The summed E-state index contributed by atoms with van der Waals surface area (Å²) in [4.78, 5) is 0. The quantitative estimate of drug-likeness (QED) is 0.863. The lowest BCUT2D eigenvalue weighted by molar-refractivity contribution is -0.137. The lowest BCUT2D eigenvalue weighted by atomic mass is 9.94. The van der Waals surface area contributed by atoms with E-state index in [0.29, 0.717) is 6.07 Å². The van der Waals surface area contributed by atoms with Crippen LogP contribution in [0.15, 0.2) is 12.1 Å². The van der Waals surface area contributed by atoms with Gasteiger partial charge in [-0.2, -0.15) is 13.2 Å². The molecule has 0 bridgehead atoms. The lowest BCUT2D eigenvalue weighted by Crippen LogP contribution is -2.34. The zero-order valence-corrected chi connectivity index (χ0v) is 10.2. The summed E-state index contributed by atoms with van der Waals surface area (Å²) in [5, 5.41) is 9.43. The third kappa shape index (κ3) is 3.78. The fourth-order valence-electron chi connectivity index (χ4n) is 1.42. The molecule has 0 atom stereocenters. The average Bonchev–Trinajstić information content (AvgIpc) is 2.07. The molecule has 0 aliphatic heterocycles. The first-order chi connectivity index (χ1) is 7.50. The molecule has 0 heterocycles. The van der Waals surface area contributed by atoms with E-state index in [2.05, 4.69) is 0 Å². The van der Waals surface area contributed by atoms with Crippen LogP contribution in [0, 0.1) is 0 Å². The van der Waals surface area contributed by atoms with Crippen LogP contribution >= 0.6 is 11.6 Å². The zero-order chi connectivity index (χ0) is 13.4. The number of benzene rings is 1. The SMILES string of the molecule is CC(C)(N)Cc1c(O)cc(C(F)(F)F)cc1Cl. The molecule has 17 heavy (non-hydrogen) atoms. The molecule has 1 aromatic rings. The highest BCUT2D eigenvalue weighted by Crippen LogP contribution is 2.37. The number of hydrogen-bond donors (Lipinski definition) is 2. The number of alkyl halides is 3. The summed E-state index contributed by atoms with van der Waals surface area (Å²) < 4.78 is 37.3. The van der Waals surface area contributed by atoms with E-state index in [1.165, 1.54) is 0 Å². The van der Waals surface area contributed by atoms with E-state index in [4.69, 9.17) is 17.3 Å². The highest BCUT2D eigenvalue weighted by atomic mass is 35.5. The molecule has 1 aromatic carbocycles. The molecule has 0 radical (unpaired) electrons. The monoisotopic (exact) mass is 267 g/mol. The van der Waals surface area contributed by atoms with Crippen LogP contribution in [-0.4, -0.2) is 10.6 Å². The second-order valence-electron chi connectivity index (χ2n) is 4.62. The number of aromatic hydroxyl groups is 1. The Balaban J connectivity index is 3.20. The normalized spacial score (nSPS) is 12.9. The Bertz CT molecular complexity index is 401. The Kier molecular flexibility index (Phi) is 3.64. The van der Waals surface area contributed by atoms with Gasteiger partial charge in [0.1, 0.15) is 5.75 Å². The molecule has 3 N–H and O–H groups in total. The van der Waals surface area contributed by atoms with Gasteiger partial charge in [-0.3, -0.25) is 0 Å². The van der Waals surface area contributed by atoms with Crippen molar-refractivity contribution in [3.63, 3.8) is 0 Å². The Morgan fingerprint density at radius 2 is 1.82 bits per heavy atom. The van der Waals surface area contributed by atoms with Gasteiger partial charge in [-0.05, 0) is 32.4 Å². The van der Waals surface area contributed by atoms with Gasteiger partial charge in [-0.15, -0.1) is 0 Å². The summed E-state index contributed by atoms with van der Waals surface area (Å²) in [6, 6.07) is 1.45. The van der Waals surface area contributed by atoms with Gasteiger partial charge in [-0.25, -0.2) is 0 Å². The maximum Gasteiger partial charge on any atom is 0.416 e. The van der Waals surface area contributed by atoms with Crippen molar-refractivity contribution >= 4 is 11.6 Å². The molecule has 0 spiro atoms. The van der Waals surface area contributed by atoms with Crippen LogP contribution in [0.2, 0.25) is 5.02 Å². The van der Waals surface area contributed by atoms with Gasteiger partial charge in [-0.1, -0.05) is 11.6 Å². The fraction of sp³-hybridized carbons (Fsp3) is 0.455. The number of hydrogen-bond acceptors (Lipinski definition) is 2. The summed E-state index contributed by atoms with van der Waals surface area (Å²) in [5.74, 6) is -0.483. The van der Waals surface area contributed by atoms with Crippen LogP contribution in [0.5, 0.6) is 5.75 Å². The van der Waals surface area contributed by atoms with Gasteiger partial charge in [0.15, 0.2) is 0 Å². The van der Waals surface area contributed by atoms with Crippen molar-refractivity contribution in [2.24, 2.45) is 5.73 Å². The number of halogens is 4. The van der Waals surface area contributed by atoms with Gasteiger partial charge in [0.2, 0.25) is 0 Å². The molecule has 2 nitrogen and oxygen atoms in total. The second kappa shape index (κ2) is 4.38. The van der Waals surface area contributed by atoms with Gasteiger partial charge in [0.05, 0.1) is 5.56 Å². The predicted octanol–water partition coefficient (Wildman–Crippen LogP) is 3.34. The lowest BCUT2D eigenvalue weighted by Gasteiger charge is -2.20. The first kappa shape index (κ1) is 14.1. The minimum atomic E-state index is -4.53. The van der Waals surface area contributed by atoms with Crippen molar-refractivity contribution in [1.82, 2.24) is 0 Å². The van der Waals surface area contributed by atoms with E-state index in [1.807, 2.05) is 0 Å². The van der Waals surface area contributed by atoms with Crippen LogP contribution in [0.1, 0.15) is 25.0 Å². The molecule has 6 heteroatoms. The topological polar surface area (TPSA) is 46.2 Å². The molecule has 0 saturated carbocycles. The third-order valence-corrected chi connectivity index (χ3v) is 2.47. The molecule has 0 aliphatic carbocycles. The average molecular weight is 268 g/mol. The van der Waals surface area contributed by atoms with Crippen molar-refractivity contribution in [3.8, 4) is 5.75 Å². The molecule has 0 unspecified atom stereocenters. The molecular formula is C11H13ClF3NO. The van der Waals surface area contributed by atoms with Crippen molar-refractivity contribution in [3.05, 3.63) is 28.3 Å². The first-order valence-corrected chi connectivity index (χ1v) is 5.26. The minimum absolute atomic E-state index is 0.129. The third-order valence-electron chi connectivity index (χ3n) is 2.13. The van der Waals surface area contributed by atoms with Gasteiger partial charge in [0, 0.05) is 16.1 Å². The van der Waals surface area contributed by atoms with E-state index in [-0.39, 0.29) is 17.0 Å². The maximum absolute atomic E-state index is 12.4. The molecule has 0 fully saturated rings. The minimum Gasteiger partial charge on any atom is -0.508 e. The highest BCUT2D eigenvalue weighted by Gasteiger charge is 2.32. The van der Waals surface area contributed by atoms with E-state index in [1.54, 1.807) is 13.8 Å². The van der Waals surface area contributed by atoms with Gasteiger partial charge < -0.3 is 10.8 Å². The molecule has 0 saturated heterocycles. The summed E-state index contributed by atoms with van der Waals surface area (Å²) in [6.07, 6.45) is -4.34. The maximum atomic E-state index is 12.4. The summed E-state index contributed by atoms with van der Waals surface area (Å²) in [6.45, 7) is 3.39. The molecular weight excluding hydrogens is 255 g/mol. The summed E-state index contributed by atoms with van der Waals surface area (Å²) in [5.41, 5.74) is 4.33. The van der Waals surface area contributed by atoms with Crippen LogP contribution in [0.4, 0.5) is 13.2 Å². The Morgan fingerprint density at radius 1 is 1.29 bits per heavy atom. The van der Waals surface area contributed by atoms with Crippen LogP contribution in [-0.2, 0) is 12.6 Å². The van der Waals surface area contributed by atoms with Crippen LogP contribution < -0.4 is 5.73 Å². The second-order valence-corrected chi connectivity index (χ2v) is 5.03. The highest BCUT2D eigenvalue weighted by molar-refractivity contribution is 6.31. The zero-order valence-electron chi connectivity index (χ0n) is 9.40. The van der Waals surface area contributed by atoms with Crippen molar-refractivity contribution in [2.75, 3.05) is 0 Å². The number of phenolic OH excluding ortho intramolecular Hbond substituents is 1. The van der Waals surface area contributed by atoms with Gasteiger partial charge >= 0.3 is 6.18 Å². The molecule has 96 valence electrons. The Morgan fingerprint density at radius 3 is 2.18 bits per heavy atom. The Labute approximate surface area is 102 Å². The first-order valence-electron chi connectivity index (χ1n) is 4.88. The Hall–Kier alpha value is -0.940. The number of rotatable bonds is 2. The summed E-state index contributed by atoms with van der Waals surface area (Å²) in [7, 11) is 0. The smallest absolute Gasteiger partial charge is 0.416 e. The van der Waals surface area contributed by atoms with Crippen LogP contribution in [0.3, 0.4) is 0 Å². The van der Waals surface area contributed by atoms with Crippen molar-refractivity contribution in [2.45, 2.75) is 32.0 Å². The standard InChI is InChI=1S/C11H13ClF3NO/c1-10(2,16)5-7-8(12)3-6(4-9(7)17)11(13,14)15/h3-4,17H,5,16H2,1-2H3.